The molecule has 0 spiro atoms. The minimum Gasteiger partial charge on any atom is -0.464 e. The van der Waals surface area contributed by atoms with E-state index in [0.717, 1.165) is 4.68 Å². The molecule has 0 saturated carbocycles. The van der Waals surface area contributed by atoms with Gasteiger partial charge in [-0.2, -0.15) is 0 Å². The zero-order chi connectivity index (χ0) is 14.8. The molecule has 1 aromatic heterocycles. The topological polar surface area (TPSA) is 117 Å². The molecule has 0 atom stereocenters. The fourth-order valence-electron chi connectivity index (χ4n) is 1.44. The number of rotatable bonds is 5. The smallest absolute Gasteiger partial charge is 0.333 e. The van der Waals surface area contributed by atoms with E-state index in [1.54, 1.807) is 6.92 Å². The third-order valence-electron chi connectivity index (χ3n) is 2.65. The van der Waals surface area contributed by atoms with Crippen molar-refractivity contribution in [3.05, 3.63) is 0 Å². The first-order valence-corrected chi connectivity index (χ1v) is 7.45. The average Bonchev–Trinajstić information content (AvgIpc) is 2.72. The van der Waals surface area contributed by atoms with E-state index in [0.29, 0.717) is 0 Å². The molecule has 9 heteroatoms. The van der Waals surface area contributed by atoms with E-state index >= 15 is 0 Å². The maximum Gasteiger partial charge on any atom is 0.333 e. The van der Waals surface area contributed by atoms with Crippen molar-refractivity contribution in [2.75, 3.05) is 18.1 Å². The molecule has 1 rings (SSSR count). The summed E-state index contributed by atoms with van der Waals surface area (Å²) < 4.78 is 29.5. The first-order chi connectivity index (χ1) is 8.68. The predicted molar refractivity (Wildman–Crippen MR) is 68.1 cm³/mol. The summed E-state index contributed by atoms with van der Waals surface area (Å²) in [5.74, 6) is -0.873. The molecule has 0 aliphatic carbocycles. The first-order valence-electron chi connectivity index (χ1n) is 5.80. The molecule has 108 valence electrons. The van der Waals surface area contributed by atoms with Crippen molar-refractivity contribution < 1.29 is 17.9 Å². The standard InChI is InChI=1S/C10H18N4O4S/c1-5-18-9(15)10(3,4)14-7(11)8(12-13-14)19(16,17)6-2/h5-6,11H2,1-4H3. The van der Waals surface area contributed by atoms with Crippen molar-refractivity contribution in [1.29, 1.82) is 0 Å². The van der Waals surface area contributed by atoms with Crippen LogP contribution in [0.15, 0.2) is 5.03 Å². The van der Waals surface area contributed by atoms with E-state index in [9.17, 15) is 13.2 Å². The highest BCUT2D eigenvalue weighted by molar-refractivity contribution is 7.91. The van der Waals surface area contributed by atoms with Crippen LogP contribution in [-0.4, -0.2) is 41.7 Å². The number of nitrogens with zero attached hydrogens (tertiary/aromatic N) is 3. The van der Waals surface area contributed by atoms with Crippen molar-refractivity contribution >= 4 is 21.6 Å². The highest BCUT2D eigenvalue weighted by Crippen LogP contribution is 2.24. The van der Waals surface area contributed by atoms with Gasteiger partial charge >= 0.3 is 5.97 Å². The number of esters is 1. The molecule has 0 radical (unpaired) electrons. The Bertz CT molecular complexity index is 576. The molecule has 0 aliphatic heterocycles. The normalized spacial score (nSPS) is 12.4. The zero-order valence-corrected chi connectivity index (χ0v) is 12.2. The van der Waals surface area contributed by atoms with E-state index in [1.807, 2.05) is 0 Å². The van der Waals surface area contributed by atoms with Crippen LogP contribution in [0.1, 0.15) is 27.7 Å². The Labute approximate surface area is 111 Å². The number of carbonyl (C=O) groups excluding carboxylic acids is 1. The second-order valence-electron chi connectivity index (χ2n) is 4.37. The highest BCUT2D eigenvalue weighted by atomic mass is 32.2. The molecular formula is C10H18N4O4S. The number of anilines is 1. The van der Waals surface area contributed by atoms with Gasteiger partial charge in [0.15, 0.2) is 11.4 Å². The lowest BCUT2D eigenvalue weighted by Crippen LogP contribution is -2.39. The number of hydrogen-bond acceptors (Lipinski definition) is 7. The lowest BCUT2D eigenvalue weighted by molar-refractivity contribution is -0.152. The lowest BCUT2D eigenvalue weighted by atomic mass is 10.1. The average molecular weight is 290 g/mol. The first kappa shape index (κ1) is 15.4. The van der Waals surface area contributed by atoms with E-state index in [2.05, 4.69) is 10.3 Å². The minimum absolute atomic E-state index is 0.143. The summed E-state index contributed by atoms with van der Waals surface area (Å²) in [6.45, 7) is 6.41. The summed E-state index contributed by atoms with van der Waals surface area (Å²) >= 11 is 0. The van der Waals surface area contributed by atoms with Crippen LogP contribution in [0, 0.1) is 0 Å². The van der Waals surface area contributed by atoms with E-state index < -0.39 is 21.3 Å². The fourth-order valence-corrected chi connectivity index (χ4v) is 2.28. The summed E-state index contributed by atoms with van der Waals surface area (Å²) in [6.07, 6.45) is 0. The van der Waals surface area contributed by atoms with Crippen LogP contribution in [0.2, 0.25) is 0 Å². The Morgan fingerprint density at radius 2 is 2.00 bits per heavy atom. The van der Waals surface area contributed by atoms with Crippen molar-refractivity contribution in [1.82, 2.24) is 15.0 Å². The molecule has 2 N–H and O–H groups in total. The second-order valence-corrected chi connectivity index (χ2v) is 6.57. The summed E-state index contributed by atoms with van der Waals surface area (Å²) in [7, 11) is -3.58. The molecule has 0 saturated heterocycles. The highest BCUT2D eigenvalue weighted by Gasteiger charge is 2.37. The molecule has 19 heavy (non-hydrogen) atoms. The van der Waals surface area contributed by atoms with Gasteiger partial charge in [0.05, 0.1) is 12.4 Å². The SMILES string of the molecule is CCOC(=O)C(C)(C)n1nnc(S(=O)(=O)CC)c1N. The monoisotopic (exact) mass is 290 g/mol. The van der Waals surface area contributed by atoms with Gasteiger partial charge in [0, 0.05) is 0 Å². The van der Waals surface area contributed by atoms with Crippen LogP contribution in [0.25, 0.3) is 0 Å². The molecule has 8 nitrogen and oxygen atoms in total. The van der Waals surface area contributed by atoms with Crippen LogP contribution in [0.3, 0.4) is 0 Å². The van der Waals surface area contributed by atoms with Crippen LogP contribution in [0.4, 0.5) is 5.82 Å². The van der Waals surface area contributed by atoms with Gasteiger partial charge < -0.3 is 10.5 Å². The van der Waals surface area contributed by atoms with Crippen LogP contribution in [0.5, 0.6) is 0 Å². The molecule has 0 aliphatic rings. The van der Waals surface area contributed by atoms with Gasteiger partial charge in [-0.15, -0.1) is 5.10 Å². The van der Waals surface area contributed by atoms with Crippen molar-refractivity contribution in [3.8, 4) is 0 Å². The summed E-state index contributed by atoms with van der Waals surface area (Å²) in [5, 5.41) is 6.91. The largest absolute Gasteiger partial charge is 0.464 e. The quantitative estimate of drug-likeness (QED) is 0.755. The lowest BCUT2D eigenvalue weighted by Gasteiger charge is -2.23. The Hall–Kier alpha value is -1.64. The number of hydrogen-bond donors (Lipinski definition) is 1. The molecule has 0 bridgehead atoms. The maximum atomic E-state index is 11.8. The van der Waals surface area contributed by atoms with Crippen LogP contribution in [-0.2, 0) is 24.9 Å². The second kappa shape index (κ2) is 5.16. The summed E-state index contributed by atoms with van der Waals surface area (Å²) in [4.78, 5) is 11.8. The molecule has 1 heterocycles. The van der Waals surface area contributed by atoms with Gasteiger partial charge in [-0.25, -0.2) is 17.9 Å². The number of nitrogen functional groups attached to an aromatic ring is 1. The Kier molecular flexibility index (Phi) is 4.18. The van der Waals surface area contributed by atoms with Gasteiger partial charge in [0.2, 0.25) is 14.9 Å². The Morgan fingerprint density at radius 1 is 1.42 bits per heavy atom. The fraction of sp³-hybridized carbons (Fsp3) is 0.700. The summed E-state index contributed by atoms with van der Waals surface area (Å²) in [6, 6.07) is 0. The molecule has 0 fully saturated rings. The van der Waals surface area contributed by atoms with E-state index in [4.69, 9.17) is 10.5 Å². The van der Waals surface area contributed by atoms with E-state index in [-0.39, 0.29) is 23.2 Å². The van der Waals surface area contributed by atoms with Gasteiger partial charge in [-0.05, 0) is 20.8 Å². The molecule has 0 aromatic carbocycles. The summed E-state index contributed by atoms with van der Waals surface area (Å²) in [5.41, 5.74) is 4.51. The molecular weight excluding hydrogens is 272 g/mol. The third kappa shape index (κ3) is 2.70. The molecule has 1 aromatic rings. The Morgan fingerprint density at radius 3 is 2.47 bits per heavy atom. The van der Waals surface area contributed by atoms with Gasteiger partial charge in [-0.3, -0.25) is 0 Å². The molecule has 0 amide bonds. The van der Waals surface area contributed by atoms with Crippen LogP contribution >= 0.6 is 0 Å². The van der Waals surface area contributed by atoms with Crippen molar-refractivity contribution in [2.24, 2.45) is 0 Å². The van der Waals surface area contributed by atoms with Crippen molar-refractivity contribution in [2.45, 2.75) is 38.3 Å². The van der Waals surface area contributed by atoms with Crippen LogP contribution < -0.4 is 5.73 Å². The number of ether oxygens (including phenoxy) is 1. The molecule has 0 unspecified atom stereocenters. The van der Waals surface area contributed by atoms with E-state index in [1.165, 1.54) is 20.8 Å². The Balaban J connectivity index is 3.28. The number of nitrogens with two attached hydrogens (primary N) is 1. The van der Waals surface area contributed by atoms with Crippen molar-refractivity contribution in [3.63, 3.8) is 0 Å². The maximum absolute atomic E-state index is 11.8. The van der Waals surface area contributed by atoms with Gasteiger partial charge in [0.1, 0.15) is 0 Å². The zero-order valence-electron chi connectivity index (χ0n) is 11.4. The van der Waals surface area contributed by atoms with Gasteiger partial charge in [0.25, 0.3) is 0 Å². The minimum atomic E-state index is -3.58. The third-order valence-corrected chi connectivity index (χ3v) is 4.29. The predicted octanol–water partition coefficient (Wildman–Crippen LogP) is -0.0479. The number of carbonyl (C=O) groups is 1. The van der Waals surface area contributed by atoms with Gasteiger partial charge in [-0.1, -0.05) is 12.1 Å². The number of aromatic nitrogens is 3. The number of sulfone groups is 1.